The smallest absolute Gasteiger partial charge is 0.259 e. The van der Waals surface area contributed by atoms with Gasteiger partial charge in [0.2, 0.25) is 0 Å². The zero-order chi connectivity index (χ0) is 25.7. The molecule has 2 aliphatic rings. The molecule has 11 heteroatoms. The lowest BCUT2D eigenvalue weighted by Gasteiger charge is -2.41. The Morgan fingerprint density at radius 2 is 1.65 bits per heavy atom. The minimum atomic E-state index is -1.67. The Balaban J connectivity index is 1.71. The fourth-order valence-electron chi connectivity index (χ4n) is 5.86. The van der Waals surface area contributed by atoms with Gasteiger partial charge in [0.05, 0.1) is 34.3 Å². The Labute approximate surface area is 206 Å². The van der Waals surface area contributed by atoms with E-state index in [9.17, 15) is 34.4 Å². The van der Waals surface area contributed by atoms with E-state index in [0.717, 1.165) is 0 Å². The maximum atomic E-state index is 14.6. The van der Waals surface area contributed by atoms with Crippen molar-refractivity contribution in [1.82, 2.24) is 14.9 Å². The van der Waals surface area contributed by atoms with Gasteiger partial charge >= 0.3 is 0 Å². The minimum absolute atomic E-state index is 0.0659. The largest absolute Gasteiger partial charge is 0.394 e. The molecule has 37 heavy (non-hydrogen) atoms. The third-order valence-corrected chi connectivity index (χ3v) is 7.46. The predicted molar refractivity (Wildman–Crippen MR) is 130 cm³/mol. The number of carbonyl (C=O) groups excluding carboxylic acids is 2. The number of nitrogens with zero attached hydrogens (tertiary/aromatic N) is 1. The second-order valence-corrected chi connectivity index (χ2v) is 9.43. The van der Waals surface area contributed by atoms with E-state index in [1.165, 1.54) is 22.8 Å². The summed E-state index contributed by atoms with van der Waals surface area (Å²) in [6, 6.07) is 11.1. The molecule has 3 aromatic carbocycles. The average molecular weight is 505 g/mol. The van der Waals surface area contributed by atoms with Gasteiger partial charge in [-0.05, 0) is 24.3 Å². The van der Waals surface area contributed by atoms with Gasteiger partial charge in [0, 0.05) is 27.1 Å². The van der Waals surface area contributed by atoms with Crippen LogP contribution in [0.15, 0.2) is 42.5 Å². The van der Waals surface area contributed by atoms with Crippen LogP contribution in [0.3, 0.4) is 0 Å². The monoisotopic (exact) mass is 505 g/mol. The van der Waals surface area contributed by atoms with Crippen molar-refractivity contribution in [3.63, 3.8) is 0 Å². The number of ether oxygens (including phenoxy) is 1. The zero-order valence-electron chi connectivity index (χ0n) is 19.0. The number of aromatic amines is 1. The van der Waals surface area contributed by atoms with Crippen molar-refractivity contribution in [2.24, 2.45) is 0 Å². The second-order valence-electron chi connectivity index (χ2n) is 9.43. The fourth-order valence-corrected chi connectivity index (χ4v) is 5.86. The number of rotatable bonds is 2. The van der Waals surface area contributed by atoms with Crippen LogP contribution in [0.5, 0.6) is 0 Å². The second kappa shape index (κ2) is 7.57. The van der Waals surface area contributed by atoms with Gasteiger partial charge in [0.15, 0.2) is 6.23 Å². The lowest BCUT2D eigenvalue weighted by molar-refractivity contribution is -0.249. The lowest BCUT2D eigenvalue weighted by atomic mass is 9.96. The molecule has 0 bridgehead atoms. The Morgan fingerprint density at radius 1 is 0.919 bits per heavy atom. The molecule has 0 aliphatic carbocycles. The fraction of sp³-hybridized carbons (Fsp3) is 0.231. The highest BCUT2D eigenvalue weighted by molar-refractivity contribution is 6.39. The van der Waals surface area contributed by atoms with Crippen molar-refractivity contribution in [2.75, 3.05) is 6.61 Å². The van der Waals surface area contributed by atoms with Crippen molar-refractivity contribution >= 4 is 55.4 Å². The highest BCUT2D eigenvalue weighted by atomic mass is 19.1. The Morgan fingerprint density at radius 3 is 2.41 bits per heavy atom. The average Bonchev–Trinajstić information content (AvgIpc) is 3.52. The first-order chi connectivity index (χ1) is 17.8. The molecule has 1 fully saturated rings. The maximum Gasteiger partial charge on any atom is 0.259 e. The van der Waals surface area contributed by atoms with Gasteiger partial charge in [0.25, 0.3) is 11.8 Å². The number of halogens is 1. The van der Waals surface area contributed by atoms with E-state index in [4.69, 9.17) is 4.74 Å². The van der Waals surface area contributed by atoms with E-state index in [-0.39, 0.29) is 21.9 Å². The highest BCUT2D eigenvalue weighted by Gasteiger charge is 2.46. The number of H-pyrrole nitrogens is 1. The lowest BCUT2D eigenvalue weighted by Crippen LogP contribution is -2.56. The van der Waals surface area contributed by atoms with Crippen molar-refractivity contribution < 1.29 is 39.1 Å². The highest BCUT2D eigenvalue weighted by Crippen LogP contribution is 2.46. The molecule has 2 amide bonds. The van der Waals surface area contributed by atoms with Gasteiger partial charge < -0.3 is 34.7 Å². The number of benzene rings is 3. The van der Waals surface area contributed by atoms with E-state index in [1.54, 1.807) is 12.1 Å². The van der Waals surface area contributed by atoms with Crippen molar-refractivity contribution in [3.05, 3.63) is 59.4 Å². The van der Waals surface area contributed by atoms with Crippen molar-refractivity contribution in [3.8, 4) is 0 Å². The molecule has 2 aromatic heterocycles. The van der Waals surface area contributed by atoms with Gasteiger partial charge in [-0.15, -0.1) is 0 Å². The predicted octanol–water partition coefficient (Wildman–Crippen LogP) is 1.42. The van der Waals surface area contributed by atoms with Crippen LogP contribution in [0.25, 0.3) is 43.6 Å². The van der Waals surface area contributed by atoms with Crippen molar-refractivity contribution in [1.29, 1.82) is 0 Å². The van der Waals surface area contributed by atoms with Crippen LogP contribution in [-0.4, -0.2) is 72.8 Å². The van der Waals surface area contributed by atoms with Crippen LogP contribution >= 0.6 is 0 Å². The number of nitrogens with one attached hydrogen (secondary N) is 2. The molecule has 6 N–H and O–H groups in total. The number of hydrogen-bond acceptors (Lipinski definition) is 7. The van der Waals surface area contributed by atoms with Crippen LogP contribution in [0.1, 0.15) is 26.9 Å². The van der Waals surface area contributed by atoms with E-state index >= 15 is 0 Å². The molecular weight excluding hydrogens is 485 g/mol. The molecule has 0 spiro atoms. The maximum absolute atomic E-state index is 14.6. The number of imide groups is 1. The summed E-state index contributed by atoms with van der Waals surface area (Å²) in [6.07, 6.45) is -7.43. The number of aliphatic hydroxyl groups excluding tert-OH is 4. The Kier molecular flexibility index (Phi) is 4.57. The standard InChI is InChI=1S/C26H20FN3O7/c27-9-5-6-13-11(7-9)16-18-17(24(35)29-25(18)36)15-10-3-1-2-4-12(10)28-19(15)20(16)30(13)26-23(34)22(33)21(32)14(8-31)37-26/h1-7,14,21-23,26,28,31-34H,8H2,(H,29,35,36)/t14-,21-,22+,23-,26-/m1/s1. The number of carbonyl (C=O) groups is 2. The van der Waals surface area contributed by atoms with Gasteiger partial charge in [-0.25, -0.2) is 4.39 Å². The molecular formula is C26H20FN3O7. The summed E-state index contributed by atoms with van der Waals surface area (Å²) < 4.78 is 22.0. The summed E-state index contributed by atoms with van der Waals surface area (Å²) >= 11 is 0. The summed E-state index contributed by atoms with van der Waals surface area (Å²) in [5.74, 6) is -1.81. The van der Waals surface area contributed by atoms with Crippen molar-refractivity contribution in [2.45, 2.75) is 30.6 Å². The molecule has 0 radical (unpaired) electrons. The number of fused-ring (bicyclic) bond motifs is 10. The van der Waals surface area contributed by atoms with Crippen LogP contribution < -0.4 is 5.32 Å². The van der Waals surface area contributed by atoms with Crippen LogP contribution in [-0.2, 0) is 4.74 Å². The molecule has 10 nitrogen and oxygen atoms in total. The molecule has 1 saturated heterocycles. The molecule has 4 heterocycles. The molecule has 2 aliphatic heterocycles. The zero-order valence-corrected chi connectivity index (χ0v) is 19.0. The Bertz CT molecular complexity index is 1810. The minimum Gasteiger partial charge on any atom is -0.394 e. The van der Waals surface area contributed by atoms with Gasteiger partial charge in [-0.3, -0.25) is 14.9 Å². The molecule has 0 saturated carbocycles. The van der Waals surface area contributed by atoms with E-state index in [1.807, 2.05) is 12.1 Å². The third-order valence-electron chi connectivity index (χ3n) is 7.46. The summed E-state index contributed by atoms with van der Waals surface area (Å²) in [5, 5.41) is 45.7. The number of para-hydroxylation sites is 1. The number of aromatic nitrogens is 2. The summed E-state index contributed by atoms with van der Waals surface area (Å²) in [4.78, 5) is 29.4. The molecule has 7 rings (SSSR count). The summed E-state index contributed by atoms with van der Waals surface area (Å²) in [5.41, 5.74) is 2.02. The topological polar surface area (TPSA) is 157 Å². The molecule has 5 atom stereocenters. The first-order valence-corrected chi connectivity index (χ1v) is 11.7. The van der Waals surface area contributed by atoms with Gasteiger partial charge in [0.1, 0.15) is 30.2 Å². The van der Waals surface area contributed by atoms with E-state index in [2.05, 4.69) is 10.3 Å². The van der Waals surface area contributed by atoms with E-state index in [0.29, 0.717) is 32.8 Å². The number of amides is 2. The number of aliphatic hydroxyl groups is 4. The van der Waals surface area contributed by atoms with Crippen LogP contribution in [0.2, 0.25) is 0 Å². The summed E-state index contributed by atoms with van der Waals surface area (Å²) in [7, 11) is 0. The third kappa shape index (κ3) is 2.80. The van der Waals surface area contributed by atoms with E-state index < -0.39 is 54.9 Å². The van der Waals surface area contributed by atoms with Crippen LogP contribution in [0.4, 0.5) is 4.39 Å². The Hall–Kier alpha value is -3.87. The van der Waals surface area contributed by atoms with Crippen LogP contribution in [0, 0.1) is 5.82 Å². The molecule has 0 unspecified atom stereocenters. The quantitative estimate of drug-likeness (QED) is 0.198. The first kappa shape index (κ1) is 22.3. The normalized spacial score (nSPS) is 26.0. The molecule has 188 valence electrons. The first-order valence-electron chi connectivity index (χ1n) is 11.7. The van der Waals surface area contributed by atoms with Gasteiger partial charge in [-0.1, -0.05) is 18.2 Å². The molecule has 5 aromatic rings. The van der Waals surface area contributed by atoms with Gasteiger partial charge in [-0.2, -0.15) is 0 Å². The number of hydrogen-bond donors (Lipinski definition) is 6. The SMILES string of the molecule is O=C1NC(=O)c2c1c1c3ccccc3[nH]c1c1c2c2cc(F)ccc2n1[C@@H]1O[C@H](CO)[C@@H](O)[C@H](O)[C@H]1O. The summed E-state index contributed by atoms with van der Waals surface area (Å²) in [6.45, 7) is -0.638.